The molecular weight excluding hydrogens is 226 g/mol. The van der Waals surface area contributed by atoms with Gasteiger partial charge in [0.25, 0.3) is 0 Å². The van der Waals surface area contributed by atoms with E-state index in [1.54, 1.807) is 6.92 Å². The van der Waals surface area contributed by atoms with Crippen molar-refractivity contribution in [3.8, 4) is 11.3 Å². The molecule has 1 aromatic heterocycles. The fourth-order valence-electron chi connectivity index (χ4n) is 2.42. The van der Waals surface area contributed by atoms with Gasteiger partial charge in [0.1, 0.15) is 0 Å². The number of benzene rings is 1. The third kappa shape index (κ3) is 1.61. The zero-order valence-electron chi connectivity index (χ0n) is 10.5. The molecule has 92 valence electrons. The van der Waals surface area contributed by atoms with Crippen molar-refractivity contribution in [3.05, 3.63) is 41.1 Å². The molecule has 4 heteroatoms. The van der Waals surface area contributed by atoms with Gasteiger partial charge in [-0.05, 0) is 12.5 Å². The number of carbonyl (C=O) groups excluding carboxylic acids is 1. The number of H-pyrrole nitrogens is 1. The van der Waals surface area contributed by atoms with Crippen LogP contribution in [0.2, 0.25) is 0 Å². The standard InChI is InChI=1S/C14H15N3O/c1-9-5-3-4-6-11(9)14-12-7-17(10(2)18)8-13(12)15-16-14/h3-6H,7-8H2,1-2H3,(H,15,16). The van der Waals surface area contributed by atoms with Crippen molar-refractivity contribution < 1.29 is 4.79 Å². The molecular formula is C14H15N3O. The van der Waals surface area contributed by atoms with Crippen LogP contribution in [0.1, 0.15) is 23.7 Å². The summed E-state index contributed by atoms with van der Waals surface area (Å²) in [6.07, 6.45) is 0. The number of nitrogens with zero attached hydrogens (tertiary/aromatic N) is 2. The van der Waals surface area contributed by atoms with Crippen LogP contribution in [0.25, 0.3) is 11.3 Å². The summed E-state index contributed by atoms with van der Waals surface area (Å²) in [5.74, 6) is 0.107. The number of rotatable bonds is 1. The number of aromatic nitrogens is 2. The van der Waals surface area contributed by atoms with E-state index in [0.717, 1.165) is 22.5 Å². The summed E-state index contributed by atoms with van der Waals surface area (Å²) in [5.41, 5.74) is 5.53. The topological polar surface area (TPSA) is 49.0 Å². The molecule has 1 aliphatic rings. The van der Waals surface area contributed by atoms with E-state index >= 15 is 0 Å². The molecule has 0 unspecified atom stereocenters. The summed E-state index contributed by atoms with van der Waals surface area (Å²) in [4.78, 5) is 13.2. The first-order chi connectivity index (χ1) is 8.66. The van der Waals surface area contributed by atoms with Crippen molar-refractivity contribution >= 4 is 5.91 Å². The van der Waals surface area contributed by atoms with Crippen LogP contribution in [0, 0.1) is 6.92 Å². The molecule has 4 nitrogen and oxygen atoms in total. The highest BCUT2D eigenvalue weighted by atomic mass is 16.2. The first-order valence-electron chi connectivity index (χ1n) is 6.04. The lowest BCUT2D eigenvalue weighted by atomic mass is 10.0. The Morgan fingerprint density at radius 1 is 1.33 bits per heavy atom. The zero-order valence-corrected chi connectivity index (χ0v) is 10.5. The second-order valence-electron chi connectivity index (χ2n) is 4.72. The SMILES string of the molecule is CC(=O)N1Cc2[nH]nc(-c3ccccc3C)c2C1. The first kappa shape index (κ1) is 11.0. The van der Waals surface area contributed by atoms with Crippen molar-refractivity contribution in [1.82, 2.24) is 15.1 Å². The summed E-state index contributed by atoms with van der Waals surface area (Å²) in [7, 11) is 0. The van der Waals surface area contributed by atoms with Gasteiger partial charge in [-0.25, -0.2) is 0 Å². The fourth-order valence-corrected chi connectivity index (χ4v) is 2.42. The monoisotopic (exact) mass is 241 g/mol. The molecule has 1 aliphatic heterocycles. The van der Waals surface area contributed by atoms with Gasteiger partial charge in [-0.1, -0.05) is 24.3 Å². The van der Waals surface area contributed by atoms with Gasteiger partial charge in [0, 0.05) is 18.1 Å². The Morgan fingerprint density at radius 3 is 2.83 bits per heavy atom. The van der Waals surface area contributed by atoms with E-state index in [-0.39, 0.29) is 5.91 Å². The third-order valence-corrected chi connectivity index (χ3v) is 3.50. The summed E-state index contributed by atoms with van der Waals surface area (Å²) < 4.78 is 0. The molecule has 1 N–H and O–H groups in total. The molecule has 0 fully saturated rings. The minimum absolute atomic E-state index is 0.107. The van der Waals surface area contributed by atoms with Crippen LogP contribution >= 0.6 is 0 Å². The lowest BCUT2D eigenvalue weighted by molar-refractivity contribution is -0.129. The average Bonchev–Trinajstić information content (AvgIpc) is 2.89. The van der Waals surface area contributed by atoms with Gasteiger partial charge < -0.3 is 4.90 Å². The minimum atomic E-state index is 0.107. The van der Waals surface area contributed by atoms with Crippen LogP contribution in [-0.2, 0) is 17.9 Å². The molecule has 0 bridgehead atoms. The highest BCUT2D eigenvalue weighted by Crippen LogP contribution is 2.32. The highest BCUT2D eigenvalue weighted by molar-refractivity contribution is 5.76. The Bertz CT molecular complexity index is 615. The maximum Gasteiger partial charge on any atom is 0.220 e. The average molecular weight is 241 g/mol. The quantitative estimate of drug-likeness (QED) is 0.832. The van der Waals surface area contributed by atoms with Gasteiger partial charge in [-0.3, -0.25) is 9.89 Å². The summed E-state index contributed by atoms with van der Waals surface area (Å²) >= 11 is 0. The summed E-state index contributed by atoms with van der Waals surface area (Å²) in [5, 5.41) is 7.45. The molecule has 2 aromatic rings. The van der Waals surface area contributed by atoms with Crippen LogP contribution in [0.3, 0.4) is 0 Å². The van der Waals surface area contributed by atoms with Crippen LogP contribution < -0.4 is 0 Å². The molecule has 0 saturated carbocycles. The molecule has 18 heavy (non-hydrogen) atoms. The summed E-state index contributed by atoms with van der Waals surface area (Å²) in [6, 6.07) is 8.19. The van der Waals surface area contributed by atoms with Crippen molar-refractivity contribution in [3.63, 3.8) is 0 Å². The van der Waals surface area contributed by atoms with E-state index in [4.69, 9.17) is 0 Å². The Hall–Kier alpha value is -2.10. The minimum Gasteiger partial charge on any atom is -0.333 e. The number of hydrogen-bond acceptors (Lipinski definition) is 2. The third-order valence-electron chi connectivity index (χ3n) is 3.50. The Kier molecular flexibility index (Phi) is 2.44. The van der Waals surface area contributed by atoms with Crippen LogP contribution in [0.4, 0.5) is 0 Å². The number of amides is 1. The zero-order chi connectivity index (χ0) is 12.7. The largest absolute Gasteiger partial charge is 0.333 e. The number of hydrogen-bond donors (Lipinski definition) is 1. The Labute approximate surface area is 106 Å². The maximum atomic E-state index is 11.4. The van der Waals surface area contributed by atoms with Crippen molar-refractivity contribution in [2.75, 3.05) is 0 Å². The van der Waals surface area contributed by atoms with Gasteiger partial charge in [0.2, 0.25) is 5.91 Å². The van der Waals surface area contributed by atoms with E-state index in [1.807, 2.05) is 17.0 Å². The molecule has 1 aromatic carbocycles. The summed E-state index contributed by atoms with van der Waals surface area (Å²) in [6.45, 7) is 4.98. The second kappa shape index (κ2) is 3.98. The van der Waals surface area contributed by atoms with Gasteiger partial charge in [-0.2, -0.15) is 5.10 Å². The first-order valence-corrected chi connectivity index (χ1v) is 6.04. The van der Waals surface area contributed by atoms with Crippen molar-refractivity contribution in [2.24, 2.45) is 0 Å². The molecule has 0 atom stereocenters. The van der Waals surface area contributed by atoms with E-state index in [9.17, 15) is 4.79 Å². The van der Waals surface area contributed by atoms with E-state index in [0.29, 0.717) is 13.1 Å². The number of aromatic amines is 1. The van der Waals surface area contributed by atoms with Crippen molar-refractivity contribution in [1.29, 1.82) is 0 Å². The molecule has 2 heterocycles. The molecule has 3 rings (SSSR count). The van der Waals surface area contributed by atoms with Gasteiger partial charge >= 0.3 is 0 Å². The predicted molar refractivity (Wildman–Crippen MR) is 68.7 cm³/mol. The molecule has 0 aliphatic carbocycles. The van der Waals surface area contributed by atoms with E-state index in [2.05, 4.69) is 29.3 Å². The lowest BCUT2D eigenvalue weighted by Gasteiger charge is -2.12. The second-order valence-corrected chi connectivity index (χ2v) is 4.72. The normalized spacial score (nSPS) is 13.8. The lowest BCUT2D eigenvalue weighted by Crippen LogP contribution is -2.22. The van der Waals surface area contributed by atoms with Gasteiger partial charge in [-0.15, -0.1) is 0 Å². The highest BCUT2D eigenvalue weighted by Gasteiger charge is 2.27. The Morgan fingerprint density at radius 2 is 2.11 bits per heavy atom. The molecule has 0 spiro atoms. The molecule has 0 saturated heterocycles. The predicted octanol–water partition coefficient (Wildman–Crippen LogP) is 2.25. The molecule has 0 radical (unpaired) electrons. The van der Waals surface area contributed by atoms with E-state index in [1.165, 1.54) is 5.56 Å². The number of fused-ring (bicyclic) bond motifs is 1. The number of nitrogens with one attached hydrogen (secondary N) is 1. The number of aryl methyl sites for hydroxylation is 1. The fraction of sp³-hybridized carbons (Fsp3) is 0.286. The maximum absolute atomic E-state index is 11.4. The van der Waals surface area contributed by atoms with Gasteiger partial charge in [0.05, 0.1) is 24.5 Å². The van der Waals surface area contributed by atoms with Crippen LogP contribution in [0.15, 0.2) is 24.3 Å². The smallest absolute Gasteiger partial charge is 0.220 e. The van der Waals surface area contributed by atoms with Crippen LogP contribution in [-0.4, -0.2) is 21.0 Å². The molecule has 1 amide bonds. The van der Waals surface area contributed by atoms with Crippen LogP contribution in [0.5, 0.6) is 0 Å². The van der Waals surface area contributed by atoms with E-state index < -0.39 is 0 Å². The Balaban J connectivity index is 2.03. The van der Waals surface area contributed by atoms with Crippen molar-refractivity contribution in [2.45, 2.75) is 26.9 Å². The number of carbonyl (C=O) groups is 1. The van der Waals surface area contributed by atoms with Gasteiger partial charge in [0.15, 0.2) is 0 Å².